The second-order valence-corrected chi connectivity index (χ2v) is 8.67. The number of aryl methyl sites for hydroxylation is 2. The Kier molecular flexibility index (Phi) is 5.56. The normalized spacial score (nSPS) is 19.3. The molecule has 0 spiro atoms. The van der Waals surface area contributed by atoms with E-state index in [1.165, 1.54) is 11.3 Å². The van der Waals surface area contributed by atoms with Gasteiger partial charge in [0.05, 0.1) is 36.5 Å². The molecule has 4 rings (SSSR count). The van der Waals surface area contributed by atoms with Gasteiger partial charge in [0.25, 0.3) is 11.8 Å². The predicted octanol–water partition coefficient (Wildman–Crippen LogP) is 2.66. The van der Waals surface area contributed by atoms with Crippen molar-refractivity contribution in [3.05, 3.63) is 44.9 Å². The lowest BCUT2D eigenvalue weighted by Crippen LogP contribution is -2.41. The number of hydrogen-bond donors (Lipinski definition) is 0. The molecule has 1 fully saturated rings. The number of carbonyl (C=O) groups excluding carboxylic acids is 2. The van der Waals surface area contributed by atoms with Crippen LogP contribution in [-0.4, -0.2) is 65.6 Å². The molecule has 1 aromatic heterocycles. The minimum absolute atomic E-state index is 0.0137. The number of amides is 2. The Balaban J connectivity index is 1.61. The van der Waals surface area contributed by atoms with Crippen LogP contribution >= 0.6 is 11.3 Å². The zero-order valence-electron chi connectivity index (χ0n) is 16.9. The molecule has 2 aliphatic rings. The minimum atomic E-state index is -0.0879. The third kappa shape index (κ3) is 4.00. The lowest BCUT2D eigenvalue weighted by molar-refractivity contribution is 0.0303. The summed E-state index contributed by atoms with van der Waals surface area (Å²) >= 11 is 1.42. The largest absolute Gasteiger partial charge is 0.491 e. The predicted molar refractivity (Wildman–Crippen MR) is 110 cm³/mol. The van der Waals surface area contributed by atoms with Gasteiger partial charge in [0.1, 0.15) is 17.2 Å². The average molecular weight is 416 g/mol. The number of benzene rings is 1. The first-order chi connectivity index (χ1) is 13.9. The third-order valence-corrected chi connectivity index (χ3v) is 6.38. The van der Waals surface area contributed by atoms with Crippen molar-refractivity contribution >= 4 is 23.2 Å². The molecule has 0 radical (unpaired) electrons. The van der Waals surface area contributed by atoms with Crippen LogP contribution < -0.4 is 4.74 Å². The number of nitrogens with zero attached hydrogens (tertiary/aromatic N) is 3. The lowest BCUT2D eigenvalue weighted by Gasteiger charge is -2.27. The maximum absolute atomic E-state index is 13.2. The summed E-state index contributed by atoms with van der Waals surface area (Å²) in [6.07, 6.45) is 0. The van der Waals surface area contributed by atoms with Crippen LogP contribution in [-0.2, 0) is 11.3 Å². The van der Waals surface area contributed by atoms with Crippen molar-refractivity contribution in [2.45, 2.75) is 33.4 Å². The van der Waals surface area contributed by atoms with Gasteiger partial charge in [-0.1, -0.05) is 0 Å². The Labute approximate surface area is 174 Å². The van der Waals surface area contributed by atoms with Crippen LogP contribution in [0.2, 0.25) is 0 Å². The van der Waals surface area contributed by atoms with Gasteiger partial charge in [0.15, 0.2) is 0 Å². The summed E-state index contributed by atoms with van der Waals surface area (Å²) in [6.45, 7) is 8.87. The maximum atomic E-state index is 13.2. The number of thiazole rings is 1. The quantitative estimate of drug-likeness (QED) is 0.754. The molecule has 154 valence electrons. The number of carbonyl (C=O) groups is 2. The van der Waals surface area contributed by atoms with Crippen LogP contribution in [0.5, 0.6) is 5.75 Å². The highest BCUT2D eigenvalue weighted by Gasteiger charge is 2.29. The average Bonchev–Trinajstić information content (AvgIpc) is 2.98. The van der Waals surface area contributed by atoms with E-state index in [2.05, 4.69) is 4.98 Å². The highest BCUT2D eigenvalue weighted by molar-refractivity contribution is 7.13. The van der Waals surface area contributed by atoms with Crippen LogP contribution in [0.3, 0.4) is 0 Å². The van der Waals surface area contributed by atoms with E-state index < -0.39 is 0 Å². The Morgan fingerprint density at radius 3 is 2.62 bits per heavy atom. The topological polar surface area (TPSA) is 72.0 Å². The molecule has 0 aliphatic carbocycles. The van der Waals surface area contributed by atoms with Gasteiger partial charge < -0.3 is 19.3 Å². The highest BCUT2D eigenvalue weighted by Crippen LogP contribution is 2.29. The van der Waals surface area contributed by atoms with Gasteiger partial charge in [-0.3, -0.25) is 9.59 Å². The van der Waals surface area contributed by atoms with Gasteiger partial charge in [-0.2, -0.15) is 0 Å². The van der Waals surface area contributed by atoms with Crippen molar-refractivity contribution in [2.24, 2.45) is 0 Å². The van der Waals surface area contributed by atoms with Gasteiger partial charge in [-0.25, -0.2) is 4.98 Å². The Hall–Kier alpha value is -2.45. The van der Waals surface area contributed by atoms with E-state index in [1.807, 2.05) is 37.8 Å². The summed E-state index contributed by atoms with van der Waals surface area (Å²) in [5.41, 5.74) is 2.22. The van der Waals surface area contributed by atoms with Crippen LogP contribution in [0.4, 0.5) is 0 Å². The number of hydrogen-bond acceptors (Lipinski definition) is 6. The van der Waals surface area contributed by atoms with Crippen LogP contribution in [0.1, 0.15) is 43.2 Å². The third-order valence-electron chi connectivity index (χ3n) is 5.32. The molecule has 1 atom stereocenters. The first-order valence-corrected chi connectivity index (χ1v) is 10.6. The van der Waals surface area contributed by atoms with E-state index in [9.17, 15) is 9.59 Å². The molecule has 8 heteroatoms. The summed E-state index contributed by atoms with van der Waals surface area (Å²) in [6, 6.07) is 5.41. The molecule has 1 aromatic carbocycles. The Morgan fingerprint density at radius 1 is 1.17 bits per heavy atom. The van der Waals surface area contributed by atoms with Crippen molar-refractivity contribution in [2.75, 3.05) is 32.9 Å². The molecule has 2 aromatic rings. The van der Waals surface area contributed by atoms with Crippen molar-refractivity contribution in [3.63, 3.8) is 0 Å². The summed E-state index contributed by atoms with van der Waals surface area (Å²) in [5.74, 6) is 0.671. The molecule has 0 bridgehead atoms. The van der Waals surface area contributed by atoms with Gasteiger partial charge in [-0.15, -0.1) is 11.3 Å². The summed E-state index contributed by atoms with van der Waals surface area (Å²) < 4.78 is 11.3. The molecule has 2 amide bonds. The number of morpholine rings is 1. The Bertz CT molecular complexity index is 936. The second kappa shape index (κ2) is 8.12. The summed E-state index contributed by atoms with van der Waals surface area (Å²) in [7, 11) is 0. The van der Waals surface area contributed by atoms with E-state index >= 15 is 0 Å². The molecule has 29 heavy (non-hydrogen) atoms. The monoisotopic (exact) mass is 415 g/mol. The molecule has 1 saturated heterocycles. The highest BCUT2D eigenvalue weighted by atomic mass is 32.1. The summed E-state index contributed by atoms with van der Waals surface area (Å²) in [5, 5.41) is 0.878. The molecule has 0 N–H and O–H groups in total. The zero-order valence-corrected chi connectivity index (χ0v) is 17.8. The van der Waals surface area contributed by atoms with Gasteiger partial charge in [0, 0.05) is 24.2 Å². The second-order valence-electron chi connectivity index (χ2n) is 7.47. The van der Waals surface area contributed by atoms with E-state index in [-0.39, 0.29) is 17.9 Å². The van der Waals surface area contributed by atoms with E-state index in [4.69, 9.17) is 9.47 Å². The van der Waals surface area contributed by atoms with Gasteiger partial charge in [-0.05, 0) is 39.0 Å². The van der Waals surface area contributed by atoms with E-state index in [0.29, 0.717) is 49.9 Å². The smallest absolute Gasteiger partial charge is 0.266 e. The lowest BCUT2D eigenvalue weighted by atomic mass is 10.1. The van der Waals surface area contributed by atoms with Gasteiger partial charge in [0.2, 0.25) is 0 Å². The molecule has 2 aliphatic heterocycles. The number of rotatable bonds is 2. The van der Waals surface area contributed by atoms with Crippen molar-refractivity contribution < 1.29 is 19.1 Å². The molecular formula is C21H25N3O4S. The number of ether oxygens (including phenoxy) is 2. The molecule has 3 heterocycles. The van der Waals surface area contributed by atoms with Gasteiger partial charge >= 0.3 is 0 Å². The first kappa shape index (κ1) is 19.8. The van der Waals surface area contributed by atoms with Crippen LogP contribution in [0.25, 0.3) is 0 Å². The molecular weight excluding hydrogens is 390 g/mol. The maximum Gasteiger partial charge on any atom is 0.266 e. The van der Waals surface area contributed by atoms with E-state index in [0.717, 1.165) is 22.0 Å². The minimum Gasteiger partial charge on any atom is -0.491 e. The van der Waals surface area contributed by atoms with E-state index in [1.54, 1.807) is 11.0 Å². The van der Waals surface area contributed by atoms with Crippen molar-refractivity contribution in [1.82, 2.24) is 14.8 Å². The molecule has 0 unspecified atom stereocenters. The Morgan fingerprint density at radius 2 is 1.93 bits per heavy atom. The fourth-order valence-electron chi connectivity index (χ4n) is 3.70. The zero-order chi connectivity index (χ0) is 20.5. The fourth-order valence-corrected chi connectivity index (χ4v) is 4.57. The first-order valence-electron chi connectivity index (χ1n) is 9.82. The fraction of sp³-hybridized carbons (Fsp3) is 0.476. The van der Waals surface area contributed by atoms with Crippen molar-refractivity contribution in [1.29, 1.82) is 0 Å². The standard InChI is InChI=1S/C21H25N3O4S/c1-13-12-28-18-5-4-16(20(25)23-6-8-27-9-7-23)10-17(18)11-24(13)21(26)19-14(2)22-15(3)29-19/h4-5,10,13H,6-9,11-12H2,1-3H3/t13-/m0/s1. The van der Waals surface area contributed by atoms with Crippen molar-refractivity contribution in [3.8, 4) is 5.75 Å². The molecule has 7 nitrogen and oxygen atoms in total. The van der Waals surface area contributed by atoms with Crippen LogP contribution in [0.15, 0.2) is 18.2 Å². The number of aromatic nitrogens is 1. The summed E-state index contributed by atoms with van der Waals surface area (Å²) in [4.78, 5) is 34.8. The molecule has 0 saturated carbocycles. The SMILES string of the molecule is Cc1nc(C)c(C(=O)N2Cc3cc(C(=O)N4CCOCC4)ccc3OC[C@@H]2C)s1. The van der Waals surface area contributed by atoms with Crippen LogP contribution in [0, 0.1) is 13.8 Å². The number of fused-ring (bicyclic) bond motifs is 1.